The molecule has 1 aromatic carbocycles. The second kappa shape index (κ2) is 5.93. The first-order chi connectivity index (χ1) is 9.17. The molecule has 0 unspecified atom stereocenters. The lowest BCUT2D eigenvalue weighted by Gasteiger charge is -2.08. The van der Waals surface area contributed by atoms with Crippen LogP contribution >= 0.6 is 11.5 Å². The van der Waals surface area contributed by atoms with E-state index >= 15 is 0 Å². The number of nitrogens with zero attached hydrogens (tertiary/aromatic N) is 2. The summed E-state index contributed by atoms with van der Waals surface area (Å²) in [5.41, 5.74) is 2.38. The summed E-state index contributed by atoms with van der Waals surface area (Å²) in [6.45, 7) is 4.01. The van der Waals surface area contributed by atoms with E-state index in [2.05, 4.69) is 16.5 Å². The van der Waals surface area contributed by atoms with Gasteiger partial charge in [-0.15, -0.1) is 5.10 Å². The molecule has 1 heterocycles. The average molecular weight is 276 g/mol. The number of benzene rings is 1. The van der Waals surface area contributed by atoms with E-state index in [4.69, 9.17) is 4.74 Å². The van der Waals surface area contributed by atoms with Crippen molar-refractivity contribution in [2.24, 2.45) is 0 Å². The smallest absolute Gasteiger partial charge is 0.210 e. The van der Waals surface area contributed by atoms with Crippen molar-refractivity contribution in [3.63, 3.8) is 0 Å². The lowest BCUT2D eigenvalue weighted by atomic mass is 10.0. The van der Waals surface area contributed by atoms with E-state index in [1.807, 2.05) is 25.1 Å². The fraction of sp³-hybridized carbons (Fsp3) is 0.357. The molecule has 2 rings (SSSR count). The Morgan fingerprint density at radius 2 is 2.21 bits per heavy atom. The van der Waals surface area contributed by atoms with Gasteiger partial charge < -0.3 is 4.74 Å². The van der Waals surface area contributed by atoms with Crippen LogP contribution in [0.3, 0.4) is 0 Å². The molecule has 0 aliphatic heterocycles. The van der Waals surface area contributed by atoms with E-state index in [0.717, 1.165) is 35.6 Å². The number of ether oxygens (including phenoxy) is 1. The second-order valence-electron chi connectivity index (χ2n) is 4.33. The number of carbonyl (C=O) groups excluding carboxylic acids is 1. The van der Waals surface area contributed by atoms with Crippen molar-refractivity contribution < 1.29 is 9.53 Å². The van der Waals surface area contributed by atoms with Gasteiger partial charge >= 0.3 is 0 Å². The second-order valence-corrected chi connectivity index (χ2v) is 5.09. The molecule has 0 amide bonds. The summed E-state index contributed by atoms with van der Waals surface area (Å²) in [4.78, 5) is 13.2. The molecule has 0 aliphatic carbocycles. The highest BCUT2D eigenvalue weighted by atomic mass is 32.1. The van der Waals surface area contributed by atoms with Gasteiger partial charge in [0.25, 0.3) is 0 Å². The number of aromatic nitrogens is 2. The fourth-order valence-electron chi connectivity index (χ4n) is 1.90. The molecule has 2 aromatic rings. The van der Waals surface area contributed by atoms with Crippen LogP contribution in [0.25, 0.3) is 0 Å². The van der Waals surface area contributed by atoms with Gasteiger partial charge in [-0.3, -0.25) is 4.79 Å². The largest absolute Gasteiger partial charge is 0.496 e. The molecule has 0 fully saturated rings. The van der Waals surface area contributed by atoms with Gasteiger partial charge in [-0.1, -0.05) is 29.5 Å². The van der Waals surface area contributed by atoms with Crippen LogP contribution in [0.2, 0.25) is 0 Å². The number of methoxy groups -OCH3 is 1. The minimum absolute atomic E-state index is 0.0565. The van der Waals surface area contributed by atoms with Gasteiger partial charge in [0.15, 0.2) is 0 Å². The van der Waals surface area contributed by atoms with Crippen LogP contribution < -0.4 is 4.74 Å². The summed E-state index contributed by atoms with van der Waals surface area (Å²) in [7, 11) is 1.57. The fourth-order valence-corrected chi connectivity index (χ4v) is 2.57. The Hall–Kier alpha value is -1.75. The number of aryl methyl sites for hydroxylation is 2. The minimum atomic E-state index is -0.0565. The number of ketones is 1. The summed E-state index contributed by atoms with van der Waals surface area (Å²) < 4.78 is 9.16. The number of hydrogen-bond donors (Lipinski definition) is 0. The molecule has 100 valence electrons. The summed E-state index contributed by atoms with van der Waals surface area (Å²) in [6, 6.07) is 5.58. The highest BCUT2D eigenvalue weighted by Crippen LogP contribution is 2.25. The molecule has 0 radical (unpaired) electrons. The van der Waals surface area contributed by atoms with Crippen molar-refractivity contribution in [1.82, 2.24) is 9.59 Å². The highest BCUT2D eigenvalue weighted by molar-refractivity contribution is 7.08. The monoisotopic (exact) mass is 276 g/mol. The van der Waals surface area contributed by atoms with Gasteiger partial charge in [0.1, 0.15) is 10.6 Å². The summed E-state index contributed by atoms with van der Waals surface area (Å²) in [5, 5.41) is 4.04. The molecule has 19 heavy (non-hydrogen) atoms. The van der Waals surface area contributed by atoms with E-state index in [1.165, 1.54) is 0 Å². The van der Waals surface area contributed by atoms with Crippen LogP contribution in [0.15, 0.2) is 18.2 Å². The molecule has 4 nitrogen and oxygen atoms in total. The van der Waals surface area contributed by atoms with Gasteiger partial charge in [-0.05, 0) is 37.0 Å². The quantitative estimate of drug-likeness (QED) is 0.788. The van der Waals surface area contributed by atoms with Gasteiger partial charge in [-0.25, -0.2) is 0 Å². The van der Waals surface area contributed by atoms with E-state index in [9.17, 15) is 4.79 Å². The lowest BCUT2D eigenvalue weighted by Crippen LogP contribution is -2.05. The van der Waals surface area contributed by atoms with Gasteiger partial charge in [0.2, 0.25) is 5.78 Å². The third-order valence-electron chi connectivity index (χ3n) is 2.85. The SMILES string of the molecule is CCCc1nnsc1C(=O)c1cc(C)ccc1OC. The standard InChI is InChI=1S/C14H16N2O2S/c1-4-5-11-14(19-16-15-11)13(17)10-8-9(2)6-7-12(10)18-3/h6-8H,4-5H2,1-3H3. The molecular formula is C14H16N2O2S. The zero-order chi connectivity index (χ0) is 13.8. The van der Waals surface area contributed by atoms with Crippen molar-refractivity contribution in [3.05, 3.63) is 39.9 Å². The number of hydrogen-bond acceptors (Lipinski definition) is 5. The Kier molecular flexibility index (Phi) is 4.27. The Morgan fingerprint density at radius 3 is 2.89 bits per heavy atom. The van der Waals surface area contributed by atoms with Crippen LogP contribution in [0.1, 0.15) is 39.8 Å². The molecule has 0 spiro atoms. The predicted molar refractivity (Wildman–Crippen MR) is 75.1 cm³/mol. The first kappa shape index (κ1) is 13.7. The third-order valence-corrected chi connectivity index (χ3v) is 3.62. The molecular weight excluding hydrogens is 260 g/mol. The van der Waals surface area contributed by atoms with Crippen molar-refractivity contribution in [2.45, 2.75) is 26.7 Å². The van der Waals surface area contributed by atoms with Crippen molar-refractivity contribution in [1.29, 1.82) is 0 Å². The van der Waals surface area contributed by atoms with E-state index in [1.54, 1.807) is 7.11 Å². The zero-order valence-electron chi connectivity index (χ0n) is 11.3. The molecule has 0 N–H and O–H groups in total. The minimum Gasteiger partial charge on any atom is -0.496 e. The maximum absolute atomic E-state index is 12.6. The van der Waals surface area contributed by atoms with Crippen molar-refractivity contribution >= 4 is 17.3 Å². The molecule has 0 bridgehead atoms. The average Bonchev–Trinajstić information content (AvgIpc) is 2.86. The molecule has 5 heteroatoms. The van der Waals surface area contributed by atoms with Crippen molar-refractivity contribution in [2.75, 3.05) is 7.11 Å². The first-order valence-corrected chi connectivity index (χ1v) is 6.95. The van der Waals surface area contributed by atoms with Crippen LogP contribution in [0.4, 0.5) is 0 Å². The normalized spacial score (nSPS) is 10.5. The third kappa shape index (κ3) is 2.81. The van der Waals surface area contributed by atoms with E-state index in [0.29, 0.717) is 16.2 Å². The molecule has 1 aromatic heterocycles. The molecule has 0 aliphatic rings. The Bertz CT molecular complexity index is 593. The summed E-state index contributed by atoms with van der Waals surface area (Å²) >= 11 is 1.15. The Labute approximate surface area is 116 Å². The Morgan fingerprint density at radius 1 is 1.42 bits per heavy atom. The molecule has 0 saturated carbocycles. The van der Waals surface area contributed by atoms with Gasteiger partial charge in [0.05, 0.1) is 18.4 Å². The van der Waals surface area contributed by atoms with Crippen LogP contribution in [-0.2, 0) is 6.42 Å². The maximum atomic E-state index is 12.6. The van der Waals surface area contributed by atoms with Crippen molar-refractivity contribution in [3.8, 4) is 5.75 Å². The van der Waals surface area contributed by atoms with Crippen LogP contribution in [0.5, 0.6) is 5.75 Å². The lowest BCUT2D eigenvalue weighted by molar-refractivity contribution is 0.103. The number of carbonyl (C=O) groups is 1. The van der Waals surface area contributed by atoms with Gasteiger partial charge in [-0.2, -0.15) is 0 Å². The van der Waals surface area contributed by atoms with Crippen LogP contribution in [-0.4, -0.2) is 22.5 Å². The molecule has 0 saturated heterocycles. The number of rotatable bonds is 5. The van der Waals surface area contributed by atoms with E-state index in [-0.39, 0.29) is 5.78 Å². The summed E-state index contributed by atoms with van der Waals surface area (Å²) in [5.74, 6) is 0.533. The first-order valence-electron chi connectivity index (χ1n) is 6.18. The van der Waals surface area contributed by atoms with E-state index < -0.39 is 0 Å². The zero-order valence-corrected chi connectivity index (χ0v) is 12.1. The Balaban J connectivity index is 2.43. The topological polar surface area (TPSA) is 52.1 Å². The summed E-state index contributed by atoms with van der Waals surface area (Å²) in [6.07, 6.45) is 1.71. The highest BCUT2D eigenvalue weighted by Gasteiger charge is 2.20. The van der Waals surface area contributed by atoms with Gasteiger partial charge in [0, 0.05) is 0 Å². The maximum Gasteiger partial charge on any atom is 0.210 e. The predicted octanol–water partition coefficient (Wildman–Crippen LogP) is 3.04. The van der Waals surface area contributed by atoms with Crippen LogP contribution in [0, 0.1) is 6.92 Å². The molecule has 0 atom stereocenters.